The zero-order valence-corrected chi connectivity index (χ0v) is 14.8. The molecule has 0 aliphatic carbocycles. The molecular formula is C19H19F2N5O. The Morgan fingerprint density at radius 2 is 2.11 bits per heavy atom. The van der Waals surface area contributed by atoms with Crippen LogP contribution in [-0.2, 0) is 0 Å². The number of piperidine rings is 1. The molecule has 1 atom stereocenters. The number of H-pyrrole nitrogens is 2. The molecule has 3 aromatic rings. The van der Waals surface area contributed by atoms with Crippen molar-refractivity contribution in [2.75, 3.05) is 13.1 Å². The van der Waals surface area contributed by atoms with Crippen LogP contribution >= 0.6 is 0 Å². The topological polar surface area (TPSA) is 77.7 Å². The number of aromatic nitrogens is 4. The molecule has 0 radical (unpaired) electrons. The van der Waals surface area contributed by atoms with Gasteiger partial charge in [-0.25, -0.2) is 13.8 Å². The van der Waals surface area contributed by atoms with Gasteiger partial charge in [0, 0.05) is 42.2 Å². The van der Waals surface area contributed by atoms with Gasteiger partial charge in [-0.2, -0.15) is 5.10 Å². The molecule has 6 nitrogen and oxygen atoms in total. The van der Waals surface area contributed by atoms with Crippen LogP contribution in [0.15, 0.2) is 30.5 Å². The van der Waals surface area contributed by atoms with Gasteiger partial charge in [0.15, 0.2) is 17.5 Å². The second kappa shape index (κ2) is 6.94. The number of aryl methyl sites for hydroxylation is 1. The van der Waals surface area contributed by atoms with Gasteiger partial charge in [0.25, 0.3) is 5.91 Å². The van der Waals surface area contributed by atoms with Crippen LogP contribution < -0.4 is 0 Å². The maximum absolute atomic E-state index is 13.4. The summed E-state index contributed by atoms with van der Waals surface area (Å²) in [5, 5.41) is 7.35. The van der Waals surface area contributed by atoms with Gasteiger partial charge in [-0.3, -0.25) is 9.89 Å². The largest absolute Gasteiger partial charge is 0.341 e. The fourth-order valence-corrected chi connectivity index (χ4v) is 3.44. The Hall–Kier alpha value is -3.03. The van der Waals surface area contributed by atoms with Crippen molar-refractivity contribution in [1.29, 1.82) is 0 Å². The normalized spacial score (nSPS) is 17.3. The highest BCUT2D eigenvalue weighted by molar-refractivity contribution is 5.94. The lowest BCUT2D eigenvalue weighted by atomic mass is 9.94. The number of likely N-dealkylation sites (tertiary alicyclic amines) is 1. The minimum atomic E-state index is -1.01. The molecule has 0 saturated carbocycles. The molecule has 27 heavy (non-hydrogen) atoms. The van der Waals surface area contributed by atoms with Gasteiger partial charge in [-0.15, -0.1) is 0 Å². The number of amides is 1. The Balaban J connectivity index is 1.50. The summed E-state index contributed by atoms with van der Waals surface area (Å²) >= 11 is 0. The molecule has 1 fully saturated rings. The van der Waals surface area contributed by atoms with Gasteiger partial charge in [-0.05, 0) is 44.0 Å². The minimum Gasteiger partial charge on any atom is -0.341 e. The number of nitrogens with zero attached hydrogens (tertiary/aromatic N) is 3. The van der Waals surface area contributed by atoms with E-state index in [1.165, 1.54) is 6.07 Å². The maximum Gasteiger partial charge on any atom is 0.253 e. The first-order valence-corrected chi connectivity index (χ1v) is 8.83. The van der Waals surface area contributed by atoms with Crippen molar-refractivity contribution in [3.05, 3.63) is 59.0 Å². The first-order valence-electron chi connectivity index (χ1n) is 8.83. The number of nitrogens with one attached hydrogen (secondary N) is 2. The number of imidazole rings is 1. The summed E-state index contributed by atoms with van der Waals surface area (Å²) in [5.74, 6) is -1.46. The molecule has 0 unspecified atom stereocenters. The van der Waals surface area contributed by atoms with Crippen LogP contribution in [0.2, 0.25) is 0 Å². The van der Waals surface area contributed by atoms with E-state index in [1.807, 2.05) is 13.0 Å². The van der Waals surface area contributed by atoms with Crippen molar-refractivity contribution in [3.8, 4) is 11.5 Å². The minimum absolute atomic E-state index is 0.102. The Labute approximate surface area is 154 Å². The second-order valence-electron chi connectivity index (χ2n) is 6.84. The molecular weight excluding hydrogens is 352 g/mol. The molecule has 4 rings (SSSR count). The van der Waals surface area contributed by atoms with Crippen molar-refractivity contribution in [3.63, 3.8) is 0 Å². The molecule has 1 saturated heterocycles. The number of halogens is 2. The third kappa shape index (κ3) is 3.47. The van der Waals surface area contributed by atoms with Gasteiger partial charge in [0.05, 0.1) is 0 Å². The highest BCUT2D eigenvalue weighted by Gasteiger charge is 2.27. The Kier molecular flexibility index (Phi) is 4.47. The second-order valence-corrected chi connectivity index (χ2v) is 6.84. The molecule has 1 aromatic carbocycles. The van der Waals surface area contributed by atoms with E-state index in [1.54, 1.807) is 11.1 Å². The lowest BCUT2D eigenvalue weighted by Crippen LogP contribution is -2.39. The molecule has 1 aliphatic heterocycles. The Morgan fingerprint density at radius 3 is 2.85 bits per heavy atom. The smallest absolute Gasteiger partial charge is 0.253 e. The standard InChI is InChI=1S/C19H19F2N5O/c1-11-9-22-18(23-11)17-8-16(24-25-17)13-3-2-6-26(10-13)19(27)12-4-5-14(20)15(21)7-12/h4-5,7-9,13H,2-3,6,10H2,1H3,(H,22,23)(H,24,25)/t13-/m0/s1. The van der Waals surface area contributed by atoms with E-state index in [0.29, 0.717) is 18.9 Å². The lowest BCUT2D eigenvalue weighted by molar-refractivity contribution is 0.0705. The summed E-state index contributed by atoms with van der Waals surface area (Å²) < 4.78 is 26.6. The molecule has 0 bridgehead atoms. The van der Waals surface area contributed by atoms with Crippen molar-refractivity contribution >= 4 is 5.91 Å². The first kappa shape index (κ1) is 17.4. The van der Waals surface area contributed by atoms with Gasteiger partial charge < -0.3 is 9.88 Å². The number of rotatable bonds is 3. The average molecular weight is 371 g/mol. The van der Waals surface area contributed by atoms with E-state index in [0.717, 1.165) is 42.1 Å². The lowest BCUT2D eigenvalue weighted by Gasteiger charge is -2.32. The third-order valence-corrected chi connectivity index (χ3v) is 4.86. The van der Waals surface area contributed by atoms with E-state index < -0.39 is 11.6 Å². The van der Waals surface area contributed by atoms with Crippen molar-refractivity contribution in [2.24, 2.45) is 0 Å². The third-order valence-electron chi connectivity index (χ3n) is 4.86. The van der Waals surface area contributed by atoms with Crippen LogP contribution in [-0.4, -0.2) is 44.1 Å². The highest BCUT2D eigenvalue weighted by Crippen LogP contribution is 2.28. The number of carbonyl (C=O) groups excluding carboxylic acids is 1. The molecule has 140 valence electrons. The summed E-state index contributed by atoms with van der Waals surface area (Å²) in [7, 11) is 0. The number of hydrogen-bond acceptors (Lipinski definition) is 3. The predicted octanol–water partition coefficient (Wildman–Crippen LogP) is 3.41. The monoisotopic (exact) mass is 371 g/mol. The van der Waals surface area contributed by atoms with E-state index in [9.17, 15) is 13.6 Å². The summed E-state index contributed by atoms with van der Waals surface area (Å²) in [4.78, 5) is 21.8. The van der Waals surface area contributed by atoms with Crippen LogP contribution in [0.3, 0.4) is 0 Å². The van der Waals surface area contributed by atoms with Gasteiger partial charge >= 0.3 is 0 Å². The van der Waals surface area contributed by atoms with E-state index in [4.69, 9.17) is 0 Å². The van der Waals surface area contributed by atoms with Crippen molar-refractivity contribution in [1.82, 2.24) is 25.1 Å². The van der Waals surface area contributed by atoms with Gasteiger partial charge in [0.1, 0.15) is 5.69 Å². The summed E-state index contributed by atoms with van der Waals surface area (Å²) in [5.41, 5.74) is 2.77. The first-order chi connectivity index (χ1) is 13.0. The Morgan fingerprint density at radius 1 is 1.26 bits per heavy atom. The summed E-state index contributed by atoms with van der Waals surface area (Å²) in [6, 6.07) is 5.19. The number of carbonyl (C=O) groups is 1. The molecule has 2 N–H and O–H groups in total. The van der Waals surface area contributed by atoms with E-state index in [-0.39, 0.29) is 17.4 Å². The zero-order chi connectivity index (χ0) is 19.0. The SMILES string of the molecule is Cc1cnc(-c2cc([C@H]3CCCN(C(=O)c4ccc(F)c(F)c4)C3)[nH]n2)[nH]1. The fourth-order valence-electron chi connectivity index (χ4n) is 3.44. The summed E-state index contributed by atoms with van der Waals surface area (Å²) in [6.45, 7) is 3.01. The molecule has 8 heteroatoms. The molecule has 1 aliphatic rings. The quantitative estimate of drug-likeness (QED) is 0.741. The van der Waals surface area contributed by atoms with Crippen LogP contribution in [0.25, 0.3) is 11.5 Å². The number of hydrogen-bond donors (Lipinski definition) is 2. The van der Waals surface area contributed by atoms with E-state index in [2.05, 4.69) is 20.2 Å². The number of benzene rings is 1. The van der Waals surface area contributed by atoms with Crippen LogP contribution in [0, 0.1) is 18.6 Å². The van der Waals surface area contributed by atoms with Gasteiger partial charge in [-0.1, -0.05) is 0 Å². The molecule has 3 heterocycles. The molecule has 1 amide bonds. The van der Waals surface area contributed by atoms with E-state index >= 15 is 0 Å². The zero-order valence-electron chi connectivity index (χ0n) is 14.8. The Bertz CT molecular complexity index is 980. The van der Waals surface area contributed by atoms with Crippen LogP contribution in [0.4, 0.5) is 8.78 Å². The number of aromatic amines is 2. The highest BCUT2D eigenvalue weighted by atomic mass is 19.2. The average Bonchev–Trinajstić information content (AvgIpc) is 3.32. The van der Waals surface area contributed by atoms with Crippen molar-refractivity contribution in [2.45, 2.75) is 25.7 Å². The maximum atomic E-state index is 13.4. The van der Waals surface area contributed by atoms with Crippen LogP contribution in [0.1, 0.15) is 40.5 Å². The fraction of sp³-hybridized carbons (Fsp3) is 0.316. The molecule has 2 aromatic heterocycles. The molecule has 0 spiro atoms. The van der Waals surface area contributed by atoms with Crippen LogP contribution in [0.5, 0.6) is 0 Å². The predicted molar refractivity (Wildman–Crippen MR) is 95.1 cm³/mol. The summed E-state index contributed by atoms with van der Waals surface area (Å²) in [6.07, 6.45) is 3.49. The van der Waals surface area contributed by atoms with Gasteiger partial charge in [0.2, 0.25) is 0 Å². The van der Waals surface area contributed by atoms with Crippen molar-refractivity contribution < 1.29 is 13.6 Å².